The summed E-state index contributed by atoms with van der Waals surface area (Å²) < 4.78 is 16.0. The zero-order valence-corrected chi connectivity index (χ0v) is 15.5. The molecule has 4 rings (SSSR count). The number of aryl methyl sites for hydroxylation is 1. The number of benzene rings is 1. The zero-order chi connectivity index (χ0) is 19.5. The summed E-state index contributed by atoms with van der Waals surface area (Å²) in [7, 11) is 0. The molecule has 1 aliphatic heterocycles. The second-order valence-corrected chi connectivity index (χ2v) is 6.75. The lowest BCUT2D eigenvalue weighted by Gasteiger charge is -2.22. The average molecular weight is 380 g/mol. The number of esters is 1. The van der Waals surface area contributed by atoms with Gasteiger partial charge in [-0.1, -0.05) is 17.7 Å². The van der Waals surface area contributed by atoms with E-state index in [0.29, 0.717) is 24.6 Å². The molecule has 3 heterocycles. The Hall–Kier alpha value is -3.35. The first-order chi connectivity index (χ1) is 13.6. The van der Waals surface area contributed by atoms with Gasteiger partial charge in [-0.3, -0.25) is 4.79 Å². The van der Waals surface area contributed by atoms with Crippen LogP contribution in [0.4, 0.5) is 0 Å². The van der Waals surface area contributed by atoms with Gasteiger partial charge in [0.05, 0.1) is 6.26 Å². The van der Waals surface area contributed by atoms with Crippen LogP contribution in [0, 0.1) is 6.92 Å². The molecule has 7 nitrogen and oxygen atoms in total. The van der Waals surface area contributed by atoms with Gasteiger partial charge in [0, 0.05) is 12.1 Å². The Morgan fingerprint density at radius 1 is 1.21 bits per heavy atom. The van der Waals surface area contributed by atoms with Crippen molar-refractivity contribution >= 4 is 11.9 Å². The fourth-order valence-electron chi connectivity index (χ4n) is 3.24. The summed E-state index contributed by atoms with van der Waals surface area (Å²) in [5, 5.41) is 0. The van der Waals surface area contributed by atoms with Crippen molar-refractivity contribution < 1.29 is 23.2 Å². The van der Waals surface area contributed by atoms with Gasteiger partial charge in [-0.15, -0.1) is 0 Å². The predicted octanol–water partition coefficient (Wildman–Crippen LogP) is 3.59. The second-order valence-electron chi connectivity index (χ2n) is 6.75. The van der Waals surface area contributed by atoms with Crippen LogP contribution in [-0.2, 0) is 16.1 Å². The van der Waals surface area contributed by atoms with E-state index in [0.717, 1.165) is 17.5 Å². The number of hydrogen-bond donors (Lipinski definition) is 0. The number of nitrogens with zero attached hydrogens (tertiary/aromatic N) is 2. The number of carbonyl (C=O) groups is 2. The molecule has 28 heavy (non-hydrogen) atoms. The summed E-state index contributed by atoms with van der Waals surface area (Å²) in [6, 6.07) is 10.4. The quantitative estimate of drug-likeness (QED) is 0.629. The minimum atomic E-state index is -0.610. The number of oxazole rings is 1. The fraction of sp³-hybridized carbons (Fsp3) is 0.286. The molecule has 0 N–H and O–H groups in total. The molecule has 1 aromatic carbocycles. The lowest BCUT2D eigenvalue weighted by Crippen LogP contribution is -2.41. The molecule has 0 spiro atoms. The van der Waals surface area contributed by atoms with E-state index >= 15 is 0 Å². The highest BCUT2D eigenvalue weighted by molar-refractivity contribution is 5.94. The molecule has 2 aromatic heterocycles. The number of ether oxygens (including phenoxy) is 1. The standard InChI is InChI=1S/C21H20N2O5/c1-14-6-8-15(9-7-14)19-22-16(12-27-19)13-28-21(25)17-4-2-10-23(17)20(24)18-5-3-11-26-18/h3,5-9,11-12,17H,2,4,10,13H2,1H3/t17-/m0/s1. The maximum atomic E-state index is 12.5. The van der Waals surface area contributed by atoms with E-state index in [9.17, 15) is 9.59 Å². The topological polar surface area (TPSA) is 85.8 Å². The molecule has 7 heteroatoms. The van der Waals surface area contributed by atoms with Gasteiger partial charge in [0.25, 0.3) is 5.91 Å². The SMILES string of the molecule is Cc1ccc(-c2nc(COC(=O)[C@@H]3CCCN3C(=O)c3ccco3)co2)cc1. The van der Waals surface area contributed by atoms with Crippen molar-refractivity contribution in [1.82, 2.24) is 9.88 Å². The number of carbonyl (C=O) groups excluding carboxylic acids is 2. The molecule has 1 amide bonds. The summed E-state index contributed by atoms with van der Waals surface area (Å²) >= 11 is 0. The van der Waals surface area contributed by atoms with Gasteiger partial charge in [0.1, 0.15) is 24.6 Å². The molecule has 1 aliphatic rings. The molecule has 1 fully saturated rings. The Balaban J connectivity index is 1.37. The van der Waals surface area contributed by atoms with Crippen LogP contribution in [0.1, 0.15) is 34.7 Å². The highest BCUT2D eigenvalue weighted by Crippen LogP contribution is 2.23. The first-order valence-electron chi connectivity index (χ1n) is 9.14. The van der Waals surface area contributed by atoms with E-state index < -0.39 is 12.0 Å². The minimum Gasteiger partial charge on any atom is -0.459 e. The fourth-order valence-corrected chi connectivity index (χ4v) is 3.24. The molecular weight excluding hydrogens is 360 g/mol. The summed E-state index contributed by atoms with van der Waals surface area (Å²) in [6.45, 7) is 2.50. The van der Waals surface area contributed by atoms with Crippen LogP contribution < -0.4 is 0 Å². The molecule has 3 aromatic rings. The van der Waals surface area contributed by atoms with Crippen molar-refractivity contribution in [3.8, 4) is 11.5 Å². The largest absolute Gasteiger partial charge is 0.459 e. The average Bonchev–Trinajstić information content (AvgIpc) is 3.47. The number of aromatic nitrogens is 1. The van der Waals surface area contributed by atoms with E-state index in [1.165, 1.54) is 17.4 Å². The molecule has 0 radical (unpaired) electrons. The molecule has 0 unspecified atom stereocenters. The number of likely N-dealkylation sites (tertiary alicyclic amines) is 1. The minimum absolute atomic E-state index is 0.00647. The van der Waals surface area contributed by atoms with Gasteiger partial charge in [0.15, 0.2) is 5.76 Å². The lowest BCUT2D eigenvalue weighted by molar-refractivity contribution is -0.149. The summed E-state index contributed by atoms with van der Waals surface area (Å²) in [4.78, 5) is 30.9. The van der Waals surface area contributed by atoms with Gasteiger partial charge < -0.3 is 18.5 Å². The van der Waals surface area contributed by atoms with Crippen LogP contribution in [0.15, 0.2) is 57.8 Å². The van der Waals surface area contributed by atoms with Gasteiger partial charge >= 0.3 is 5.97 Å². The Kier molecular flexibility index (Phi) is 4.97. The summed E-state index contributed by atoms with van der Waals surface area (Å²) in [5.41, 5.74) is 2.52. The molecule has 0 aliphatic carbocycles. The van der Waals surface area contributed by atoms with Crippen LogP contribution in [-0.4, -0.2) is 34.3 Å². The molecule has 0 saturated carbocycles. The Morgan fingerprint density at radius 3 is 2.79 bits per heavy atom. The smallest absolute Gasteiger partial charge is 0.329 e. The van der Waals surface area contributed by atoms with E-state index in [1.54, 1.807) is 12.1 Å². The Labute approximate surface area is 161 Å². The van der Waals surface area contributed by atoms with Crippen LogP contribution in [0.25, 0.3) is 11.5 Å². The normalized spacial score (nSPS) is 16.3. The van der Waals surface area contributed by atoms with Crippen molar-refractivity contribution in [3.05, 3.63) is 65.9 Å². The first kappa shape index (κ1) is 18.0. The van der Waals surface area contributed by atoms with Gasteiger partial charge in [-0.05, 0) is 44.0 Å². The maximum Gasteiger partial charge on any atom is 0.329 e. The Bertz CT molecular complexity index is 959. The van der Waals surface area contributed by atoms with Crippen LogP contribution >= 0.6 is 0 Å². The van der Waals surface area contributed by atoms with E-state index in [2.05, 4.69) is 4.98 Å². The Morgan fingerprint density at radius 2 is 2.04 bits per heavy atom. The van der Waals surface area contributed by atoms with Gasteiger partial charge in [-0.2, -0.15) is 0 Å². The molecule has 1 atom stereocenters. The summed E-state index contributed by atoms with van der Waals surface area (Å²) in [6.07, 6.45) is 4.22. The third kappa shape index (κ3) is 3.69. The molecular formula is C21H20N2O5. The van der Waals surface area contributed by atoms with Crippen molar-refractivity contribution in [3.63, 3.8) is 0 Å². The lowest BCUT2D eigenvalue weighted by atomic mass is 10.1. The van der Waals surface area contributed by atoms with Gasteiger partial charge in [0.2, 0.25) is 5.89 Å². The zero-order valence-electron chi connectivity index (χ0n) is 15.5. The number of hydrogen-bond acceptors (Lipinski definition) is 6. The number of rotatable bonds is 5. The third-order valence-corrected chi connectivity index (χ3v) is 4.73. The highest BCUT2D eigenvalue weighted by Gasteiger charge is 2.36. The molecule has 0 bridgehead atoms. The number of furan rings is 1. The highest BCUT2D eigenvalue weighted by atomic mass is 16.5. The maximum absolute atomic E-state index is 12.5. The summed E-state index contributed by atoms with van der Waals surface area (Å²) in [5.74, 6) is -0.0506. The van der Waals surface area contributed by atoms with Crippen molar-refractivity contribution in [1.29, 1.82) is 0 Å². The molecule has 1 saturated heterocycles. The molecule has 144 valence electrons. The van der Waals surface area contributed by atoms with Crippen LogP contribution in [0.5, 0.6) is 0 Å². The van der Waals surface area contributed by atoms with Crippen molar-refractivity contribution in [2.75, 3.05) is 6.54 Å². The van der Waals surface area contributed by atoms with E-state index in [-0.39, 0.29) is 18.3 Å². The first-order valence-corrected chi connectivity index (χ1v) is 9.14. The van der Waals surface area contributed by atoms with Crippen LogP contribution in [0.2, 0.25) is 0 Å². The second kappa shape index (κ2) is 7.72. The van der Waals surface area contributed by atoms with Crippen LogP contribution in [0.3, 0.4) is 0 Å². The third-order valence-electron chi connectivity index (χ3n) is 4.73. The number of amides is 1. The van der Waals surface area contributed by atoms with E-state index in [4.69, 9.17) is 13.6 Å². The predicted molar refractivity (Wildman–Crippen MR) is 99.2 cm³/mol. The van der Waals surface area contributed by atoms with E-state index in [1.807, 2.05) is 31.2 Å². The van der Waals surface area contributed by atoms with Gasteiger partial charge in [-0.25, -0.2) is 9.78 Å². The van der Waals surface area contributed by atoms with Crippen molar-refractivity contribution in [2.24, 2.45) is 0 Å². The monoisotopic (exact) mass is 380 g/mol. The van der Waals surface area contributed by atoms with Crippen molar-refractivity contribution in [2.45, 2.75) is 32.4 Å².